The smallest absolute Gasteiger partial charge is 0.142 e. The zero-order valence-corrected chi connectivity index (χ0v) is 10.0. The molecule has 0 aromatic heterocycles. The summed E-state index contributed by atoms with van der Waals surface area (Å²) in [6, 6.07) is 3.32. The Labute approximate surface area is 96.6 Å². The fraction of sp³-hybridized carbons (Fsp3) is 0.400. The molecule has 78 valence electrons. The zero-order chi connectivity index (χ0) is 10.6. The van der Waals surface area contributed by atoms with Gasteiger partial charge in [0.1, 0.15) is 5.82 Å². The fourth-order valence-corrected chi connectivity index (χ4v) is 1.86. The minimum atomic E-state index is -0.255. The maximum Gasteiger partial charge on any atom is 0.142 e. The molecule has 0 unspecified atom stereocenters. The highest BCUT2D eigenvalue weighted by Crippen LogP contribution is 2.26. The maximum absolute atomic E-state index is 13.5. The van der Waals surface area contributed by atoms with Crippen LogP contribution in [0.1, 0.15) is 18.4 Å². The lowest BCUT2D eigenvalue weighted by Crippen LogP contribution is -2.00. The quantitative estimate of drug-likeness (QED) is 0.663. The van der Waals surface area contributed by atoms with E-state index in [1.807, 2.05) is 0 Å². The second kappa shape index (κ2) is 5.69. The Morgan fingerprint density at radius 3 is 2.71 bits per heavy atom. The third kappa shape index (κ3) is 2.94. The van der Waals surface area contributed by atoms with E-state index < -0.39 is 0 Å². The Balaban J connectivity index is 2.79. The van der Waals surface area contributed by atoms with Crippen LogP contribution in [0.3, 0.4) is 0 Å². The van der Waals surface area contributed by atoms with Gasteiger partial charge in [0.2, 0.25) is 0 Å². The molecule has 1 aromatic rings. The Kier molecular flexibility index (Phi) is 4.85. The van der Waals surface area contributed by atoms with Crippen molar-refractivity contribution in [3.05, 3.63) is 33.0 Å². The topological polar surface area (TPSA) is 26.0 Å². The summed E-state index contributed by atoms with van der Waals surface area (Å²) in [6.07, 6.45) is 2.40. The normalized spacial score (nSPS) is 10.6. The molecule has 0 saturated heterocycles. The molecule has 0 radical (unpaired) electrons. The van der Waals surface area contributed by atoms with E-state index in [2.05, 4.69) is 15.9 Å². The third-order valence-electron chi connectivity index (χ3n) is 2.02. The van der Waals surface area contributed by atoms with Crippen LogP contribution in [0, 0.1) is 5.82 Å². The van der Waals surface area contributed by atoms with Crippen LogP contribution in [0.4, 0.5) is 4.39 Å². The second-order valence-electron chi connectivity index (χ2n) is 3.07. The van der Waals surface area contributed by atoms with Gasteiger partial charge in [-0.1, -0.05) is 11.6 Å². The number of halogens is 3. The van der Waals surface area contributed by atoms with Gasteiger partial charge in [0.15, 0.2) is 0 Å². The molecule has 0 bridgehead atoms. The van der Waals surface area contributed by atoms with Crippen LogP contribution in [-0.2, 0) is 6.42 Å². The summed E-state index contributed by atoms with van der Waals surface area (Å²) in [4.78, 5) is 0. The monoisotopic (exact) mass is 279 g/mol. The molecule has 1 rings (SSSR count). The van der Waals surface area contributed by atoms with Gasteiger partial charge < -0.3 is 5.73 Å². The van der Waals surface area contributed by atoms with Crippen molar-refractivity contribution in [2.75, 3.05) is 6.54 Å². The highest BCUT2D eigenvalue weighted by atomic mass is 79.9. The SMILES string of the molecule is NCCCCc1c(Cl)ccc(Br)c1F. The lowest BCUT2D eigenvalue weighted by molar-refractivity contribution is 0.595. The molecule has 0 atom stereocenters. The van der Waals surface area contributed by atoms with E-state index in [-0.39, 0.29) is 5.82 Å². The van der Waals surface area contributed by atoms with Crippen LogP contribution in [0.25, 0.3) is 0 Å². The molecule has 2 N–H and O–H groups in total. The molecule has 0 amide bonds. The summed E-state index contributed by atoms with van der Waals surface area (Å²) in [5.41, 5.74) is 5.94. The molecule has 0 aliphatic carbocycles. The molecule has 0 heterocycles. The van der Waals surface area contributed by atoms with Crippen molar-refractivity contribution in [3.8, 4) is 0 Å². The predicted molar refractivity (Wildman–Crippen MR) is 61.1 cm³/mol. The van der Waals surface area contributed by atoms with Crippen LogP contribution in [0.15, 0.2) is 16.6 Å². The zero-order valence-electron chi connectivity index (χ0n) is 7.69. The molecule has 0 saturated carbocycles. The van der Waals surface area contributed by atoms with Crippen LogP contribution < -0.4 is 5.73 Å². The highest BCUT2D eigenvalue weighted by molar-refractivity contribution is 9.10. The Morgan fingerprint density at radius 1 is 1.36 bits per heavy atom. The van der Waals surface area contributed by atoms with Gasteiger partial charge in [0.25, 0.3) is 0 Å². The summed E-state index contributed by atoms with van der Waals surface area (Å²) in [5.74, 6) is -0.255. The van der Waals surface area contributed by atoms with Crippen LogP contribution in [0.2, 0.25) is 5.02 Å². The number of nitrogens with two attached hydrogens (primary N) is 1. The van der Waals surface area contributed by atoms with E-state index in [1.54, 1.807) is 12.1 Å². The minimum Gasteiger partial charge on any atom is -0.330 e. The summed E-state index contributed by atoms with van der Waals surface area (Å²) in [7, 11) is 0. The van der Waals surface area contributed by atoms with Gasteiger partial charge in [-0.3, -0.25) is 0 Å². The molecular formula is C10H12BrClFN. The fourth-order valence-electron chi connectivity index (χ4n) is 1.24. The van der Waals surface area contributed by atoms with Crippen molar-refractivity contribution in [1.29, 1.82) is 0 Å². The number of benzene rings is 1. The molecule has 1 aromatic carbocycles. The average molecular weight is 281 g/mol. The first-order valence-corrected chi connectivity index (χ1v) is 5.66. The van der Waals surface area contributed by atoms with Crippen LogP contribution in [-0.4, -0.2) is 6.54 Å². The molecule has 0 aliphatic rings. The summed E-state index contributed by atoms with van der Waals surface area (Å²) in [6.45, 7) is 0.632. The number of unbranched alkanes of at least 4 members (excludes halogenated alkanes) is 1. The lowest BCUT2D eigenvalue weighted by Gasteiger charge is -2.06. The molecule has 0 fully saturated rings. The van der Waals surface area contributed by atoms with Gasteiger partial charge in [-0.05, 0) is 53.9 Å². The Hall–Kier alpha value is -0.120. The Morgan fingerprint density at radius 2 is 2.07 bits per heavy atom. The maximum atomic E-state index is 13.5. The van der Waals surface area contributed by atoms with Crippen LogP contribution >= 0.6 is 27.5 Å². The van der Waals surface area contributed by atoms with Crippen molar-refractivity contribution >= 4 is 27.5 Å². The number of hydrogen-bond acceptors (Lipinski definition) is 1. The van der Waals surface area contributed by atoms with Crippen molar-refractivity contribution in [1.82, 2.24) is 0 Å². The van der Waals surface area contributed by atoms with Gasteiger partial charge >= 0.3 is 0 Å². The number of hydrogen-bond donors (Lipinski definition) is 1. The van der Waals surface area contributed by atoms with E-state index in [0.717, 1.165) is 12.8 Å². The van der Waals surface area contributed by atoms with E-state index in [9.17, 15) is 4.39 Å². The van der Waals surface area contributed by atoms with Crippen molar-refractivity contribution < 1.29 is 4.39 Å². The first-order chi connectivity index (χ1) is 6.66. The molecule has 0 aliphatic heterocycles. The van der Waals surface area contributed by atoms with Gasteiger partial charge in [0, 0.05) is 10.6 Å². The molecule has 1 nitrogen and oxygen atoms in total. The van der Waals surface area contributed by atoms with Gasteiger partial charge in [-0.15, -0.1) is 0 Å². The van der Waals surface area contributed by atoms with Crippen molar-refractivity contribution in [3.63, 3.8) is 0 Å². The standard InChI is InChI=1S/C10H12BrClFN/c11-8-4-5-9(12)7(10(8)13)3-1-2-6-14/h4-5H,1-3,6,14H2. The average Bonchev–Trinajstić information content (AvgIpc) is 2.18. The van der Waals surface area contributed by atoms with Crippen LogP contribution in [0.5, 0.6) is 0 Å². The molecule has 0 spiro atoms. The van der Waals surface area contributed by atoms with E-state index in [4.69, 9.17) is 17.3 Å². The van der Waals surface area contributed by atoms with E-state index in [0.29, 0.717) is 28.0 Å². The van der Waals surface area contributed by atoms with Crippen molar-refractivity contribution in [2.45, 2.75) is 19.3 Å². The summed E-state index contributed by atoms with van der Waals surface area (Å²) >= 11 is 9.02. The van der Waals surface area contributed by atoms with Gasteiger partial charge in [-0.25, -0.2) is 4.39 Å². The minimum absolute atomic E-state index is 0.255. The number of rotatable bonds is 4. The predicted octanol–water partition coefficient (Wildman–Crippen LogP) is 3.52. The van der Waals surface area contributed by atoms with Crippen molar-refractivity contribution in [2.24, 2.45) is 5.73 Å². The first-order valence-electron chi connectivity index (χ1n) is 4.49. The summed E-state index contributed by atoms with van der Waals surface area (Å²) < 4.78 is 14.0. The van der Waals surface area contributed by atoms with Gasteiger partial charge in [-0.2, -0.15) is 0 Å². The molecular weight excluding hydrogens is 268 g/mol. The lowest BCUT2D eigenvalue weighted by atomic mass is 10.1. The second-order valence-corrected chi connectivity index (χ2v) is 4.33. The summed E-state index contributed by atoms with van der Waals surface area (Å²) in [5, 5.41) is 0.489. The van der Waals surface area contributed by atoms with E-state index in [1.165, 1.54) is 0 Å². The molecule has 4 heteroatoms. The van der Waals surface area contributed by atoms with E-state index >= 15 is 0 Å². The van der Waals surface area contributed by atoms with Gasteiger partial charge in [0.05, 0.1) is 4.47 Å². The Bertz CT molecular complexity index is 317. The largest absolute Gasteiger partial charge is 0.330 e. The first kappa shape index (κ1) is 12.0. The third-order valence-corrected chi connectivity index (χ3v) is 2.99. The highest BCUT2D eigenvalue weighted by Gasteiger charge is 2.09. The molecule has 14 heavy (non-hydrogen) atoms.